The maximum atomic E-state index is 14.2. The molecule has 52 heavy (non-hydrogen) atoms. The lowest BCUT2D eigenvalue weighted by Crippen LogP contribution is -2.51. The Kier molecular flexibility index (Phi) is 9.78. The Morgan fingerprint density at radius 1 is 0.769 bits per heavy atom. The number of aromatic nitrogens is 2. The zero-order valence-electron chi connectivity index (χ0n) is 28.9. The monoisotopic (exact) mass is 708 g/mol. The maximum Gasteiger partial charge on any atom is 0.241 e. The standard InChI is InChI=1S/C44H41FN4O2S/c45-36-19-10-12-32(28-36)40-22-23-41(50)43-46-30-38(49(40)43)24-25-47-26-27-48(42(51)31-47)37-20-11-21-39(29-37)52-44(33-13-4-1-5-14-33,34-15-6-2-7-16-34)35-17-8-3-9-18-35/h1-21,28-30,40-41,50H,22-27,31H2. The highest BCUT2D eigenvalue weighted by Gasteiger charge is 2.38. The quantitative estimate of drug-likeness (QED) is 0.114. The van der Waals surface area contributed by atoms with E-state index in [0.29, 0.717) is 44.7 Å². The van der Waals surface area contributed by atoms with Gasteiger partial charge in [0.05, 0.1) is 17.3 Å². The summed E-state index contributed by atoms with van der Waals surface area (Å²) in [5, 5.41) is 10.7. The maximum absolute atomic E-state index is 14.2. The Bertz CT molecular complexity index is 2050. The van der Waals surface area contributed by atoms with Crippen LogP contribution in [0.15, 0.2) is 151 Å². The second kappa shape index (κ2) is 14.9. The van der Waals surface area contributed by atoms with E-state index in [-0.39, 0.29) is 17.8 Å². The molecule has 0 aliphatic carbocycles. The zero-order chi connectivity index (χ0) is 35.5. The molecule has 2 atom stereocenters. The van der Waals surface area contributed by atoms with E-state index in [4.69, 9.17) is 0 Å². The van der Waals surface area contributed by atoms with Crippen LogP contribution in [0.25, 0.3) is 0 Å². The van der Waals surface area contributed by atoms with Gasteiger partial charge in [-0.1, -0.05) is 109 Å². The van der Waals surface area contributed by atoms with Crippen LogP contribution in [0.3, 0.4) is 0 Å². The fraction of sp³-hybridized carbons (Fsp3) is 0.227. The minimum Gasteiger partial charge on any atom is -0.385 e. The number of rotatable bonds is 10. The second-order valence-corrected chi connectivity index (χ2v) is 14.9. The van der Waals surface area contributed by atoms with Gasteiger partial charge in [0.2, 0.25) is 5.91 Å². The van der Waals surface area contributed by atoms with Crippen molar-refractivity contribution in [3.63, 3.8) is 0 Å². The summed E-state index contributed by atoms with van der Waals surface area (Å²) in [5.74, 6) is 0.428. The van der Waals surface area contributed by atoms with Crippen LogP contribution in [0.5, 0.6) is 0 Å². The van der Waals surface area contributed by atoms with E-state index in [1.165, 1.54) is 22.8 Å². The summed E-state index contributed by atoms with van der Waals surface area (Å²) < 4.78 is 15.7. The van der Waals surface area contributed by atoms with Gasteiger partial charge < -0.3 is 14.6 Å². The highest BCUT2D eigenvalue weighted by Crippen LogP contribution is 2.52. The first-order valence-corrected chi connectivity index (χ1v) is 18.8. The normalized spacial score (nSPS) is 18.0. The van der Waals surface area contributed by atoms with Gasteiger partial charge in [-0.05, 0) is 65.4 Å². The molecule has 2 unspecified atom stereocenters. The third-order valence-electron chi connectivity index (χ3n) is 10.4. The molecule has 6 nitrogen and oxygen atoms in total. The first-order chi connectivity index (χ1) is 25.5. The number of halogens is 1. The first-order valence-electron chi connectivity index (χ1n) is 18.0. The summed E-state index contributed by atoms with van der Waals surface area (Å²) in [6, 6.07) is 46.9. The minimum atomic E-state index is -0.643. The molecular weight excluding hydrogens is 668 g/mol. The minimum absolute atomic E-state index is 0.0669. The SMILES string of the molecule is O=C1CN(CCc2cnc3n2C(c2cccc(F)c2)CCC3O)CCN1c1cccc(SC(c2ccccc2)(c2ccccc2)c2ccccc2)c1. The molecular formula is C44H41FN4O2S. The second-order valence-electron chi connectivity index (χ2n) is 13.6. The molecule has 2 aliphatic heterocycles. The van der Waals surface area contributed by atoms with Crippen LogP contribution >= 0.6 is 11.8 Å². The molecule has 0 spiro atoms. The largest absolute Gasteiger partial charge is 0.385 e. The van der Waals surface area contributed by atoms with E-state index in [2.05, 4.69) is 124 Å². The van der Waals surface area contributed by atoms with Gasteiger partial charge in [-0.3, -0.25) is 9.69 Å². The Balaban J connectivity index is 1.01. The third kappa shape index (κ3) is 6.70. The summed E-state index contributed by atoms with van der Waals surface area (Å²) >= 11 is 1.80. The Labute approximate surface area is 308 Å². The van der Waals surface area contributed by atoms with Gasteiger partial charge in [0.25, 0.3) is 0 Å². The Hall–Kier alpha value is -5.02. The van der Waals surface area contributed by atoms with E-state index in [9.17, 15) is 14.3 Å². The van der Waals surface area contributed by atoms with Crippen molar-refractivity contribution in [1.82, 2.24) is 14.5 Å². The van der Waals surface area contributed by atoms with Crippen LogP contribution in [0, 0.1) is 5.82 Å². The summed E-state index contributed by atoms with van der Waals surface area (Å²) in [6.07, 6.45) is 3.15. The van der Waals surface area contributed by atoms with E-state index in [1.807, 2.05) is 23.2 Å². The van der Waals surface area contributed by atoms with Crippen molar-refractivity contribution in [3.8, 4) is 0 Å². The molecule has 1 aromatic heterocycles. The highest BCUT2D eigenvalue weighted by molar-refractivity contribution is 8.00. The third-order valence-corrected chi connectivity index (χ3v) is 11.9. The number of hydrogen-bond acceptors (Lipinski definition) is 5. The van der Waals surface area contributed by atoms with Gasteiger partial charge in [0.15, 0.2) is 0 Å². The average molecular weight is 709 g/mol. The molecule has 262 valence electrons. The molecule has 2 aliphatic rings. The fourth-order valence-electron chi connectivity index (χ4n) is 7.85. The number of aliphatic hydroxyl groups is 1. The van der Waals surface area contributed by atoms with Crippen LogP contribution in [0.4, 0.5) is 10.1 Å². The predicted octanol–water partition coefficient (Wildman–Crippen LogP) is 8.41. The number of hydrogen-bond donors (Lipinski definition) is 1. The number of nitrogens with zero attached hydrogens (tertiary/aromatic N) is 4. The fourth-order valence-corrected chi connectivity index (χ4v) is 9.29. The number of piperazine rings is 1. The van der Waals surface area contributed by atoms with Crippen LogP contribution in [0.2, 0.25) is 0 Å². The predicted molar refractivity (Wildman–Crippen MR) is 205 cm³/mol. The molecule has 0 radical (unpaired) electrons. The van der Waals surface area contributed by atoms with Crippen molar-refractivity contribution < 1.29 is 14.3 Å². The van der Waals surface area contributed by atoms with Gasteiger partial charge in [-0.2, -0.15) is 0 Å². The lowest BCUT2D eigenvalue weighted by molar-refractivity contribution is -0.121. The van der Waals surface area contributed by atoms with E-state index in [1.54, 1.807) is 23.9 Å². The highest BCUT2D eigenvalue weighted by atomic mass is 32.2. The van der Waals surface area contributed by atoms with Crippen molar-refractivity contribution >= 4 is 23.4 Å². The zero-order valence-corrected chi connectivity index (χ0v) is 29.7. The molecule has 1 saturated heterocycles. The number of anilines is 1. The van der Waals surface area contributed by atoms with Crippen molar-refractivity contribution in [3.05, 3.63) is 185 Å². The van der Waals surface area contributed by atoms with Crippen molar-refractivity contribution in [1.29, 1.82) is 0 Å². The number of benzene rings is 5. The number of carbonyl (C=O) groups is 1. The van der Waals surface area contributed by atoms with Crippen molar-refractivity contribution in [2.45, 2.75) is 41.1 Å². The lowest BCUT2D eigenvalue weighted by atomic mass is 9.84. The number of aliphatic hydroxyl groups excluding tert-OH is 1. The van der Waals surface area contributed by atoms with Gasteiger partial charge in [-0.15, -0.1) is 11.8 Å². The molecule has 0 saturated carbocycles. The van der Waals surface area contributed by atoms with Gasteiger partial charge in [0.1, 0.15) is 17.7 Å². The topological polar surface area (TPSA) is 61.6 Å². The van der Waals surface area contributed by atoms with Gasteiger partial charge >= 0.3 is 0 Å². The van der Waals surface area contributed by atoms with E-state index >= 15 is 0 Å². The molecule has 1 N–H and O–H groups in total. The van der Waals surface area contributed by atoms with Crippen LogP contribution in [-0.4, -0.2) is 51.6 Å². The molecule has 0 bridgehead atoms. The number of fused-ring (bicyclic) bond motifs is 1. The number of imidazole rings is 1. The number of thioether (sulfide) groups is 1. The van der Waals surface area contributed by atoms with Crippen LogP contribution in [0.1, 0.15) is 58.8 Å². The molecule has 1 amide bonds. The van der Waals surface area contributed by atoms with E-state index in [0.717, 1.165) is 28.4 Å². The molecule has 6 aromatic rings. The molecule has 8 heteroatoms. The molecule has 1 fully saturated rings. The Morgan fingerprint density at radius 3 is 2.06 bits per heavy atom. The Morgan fingerprint density at radius 2 is 1.42 bits per heavy atom. The molecule has 5 aromatic carbocycles. The average Bonchev–Trinajstić information content (AvgIpc) is 3.62. The number of amides is 1. The molecule has 8 rings (SSSR count). The van der Waals surface area contributed by atoms with Crippen LogP contribution in [-0.2, 0) is 16.0 Å². The molecule has 3 heterocycles. The summed E-state index contributed by atoms with van der Waals surface area (Å²) in [5.41, 5.74) is 6.32. The summed E-state index contributed by atoms with van der Waals surface area (Å²) in [4.78, 5) is 23.5. The van der Waals surface area contributed by atoms with Gasteiger partial charge in [0, 0.05) is 48.5 Å². The summed E-state index contributed by atoms with van der Waals surface area (Å²) in [6.45, 7) is 2.32. The van der Waals surface area contributed by atoms with Gasteiger partial charge in [-0.25, -0.2) is 9.37 Å². The smallest absolute Gasteiger partial charge is 0.241 e. The van der Waals surface area contributed by atoms with Crippen molar-refractivity contribution in [2.75, 3.05) is 31.1 Å². The first kappa shape index (κ1) is 34.1. The van der Waals surface area contributed by atoms with E-state index < -0.39 is 10.9 Å². The lowest BCUT2D eigenvalue weighted by Gasteiger charge is -2.36. The number of carbonyl (C=O) groups excluding carboxylic acids is 1. The van der Waals surface area contributed by atoms with Crippen molar-refractivity contribution in [2.24, 2.45) is 0 Å². The van der Waals surface area contributed by atoms with Crippen LogP contribution < -0.4 is 4.90 Å². The summed E-state index contributed by atoms with van der Waals surface area (Å²) in [7, 11) is 0.